The minimum absolute atomic E-state index is 0.271. The molecule has 0 amide bonds. The van der Waals surface area contributed by atoms with Crippen LogP contribution in [0.2, 0.25) is 0 Å². The molecule has 0 bridgehead atoms. The van der Waals surface area contributed by atoms with Crippen molar-refractivity contribution < 1.29 is 9.84 Å². The van der Waals surface area contributed by atoms with E-state index in [1.165, 1.54) is 19.3 Å². The summed E-state index contributed by atoms with van der Waals surface area (Å²) in [5.74, 6) is 1.87. The molecule has 1 aliphatic rings. The van der Waals surface area contributed by atoms with E-state index in [1.807, 2.05) is 12.1 Å². The summed E-state index contributed by atoms with van der Waals surface area (Å²) in [7, 11) is 1.62. The van der Waals surface area contributed by atoms with Gasteiger partial charge in [-0.2, -0.15) is 0 Å². The van der Waals surface area contributed by atoms with Gasteiger partial charge in [0.2, 0.25) is 0 Å². The van der Waals surface area contributed by atoms with Crippen LogP contribution in [0.15, 0.2) is 18.2 Å². The fourth-order valence-electron chi connectivity index (χ4n) is 3.06. The third-order valence-electron chi connectivity index (χ3n) is 4.25. The van der Waals surface area contributed by atoms with Gasteiger partial charge in [-0.3, -0.25) is 4.90 Å². The molecule has 1 saturated heterocycles. The summed E-state index contributed by atoms with van der Waals surface area (Å²) in [6.07, 6.45) is 3.87. The minimum atomic E-state index is 0.271. The zero-order chi connectivity index (χ0) is 13.8. The largest absolute Gasteiger partial charge is 0.507 e. The standard InChI is InChI=1S/C16H25NO2/c1-4-5-13-8-9-17(11-13)12(2)15-7-6-14(19-3)10-16(15)18/h6-7,10,12-13,18H,4-5,8-9,11H2,1-3H3. The van der Waals surface area contributed by atoms with Crippen LogP contribution in [0.5, 0.6) is 11.5 Å². The Labute approximate surface area is 116 Å². The number of likely N-dealkylation sites (tertiary alicyclic amines) is 1. The number of ether oxygens (including phenoxy) is 1. The van der Waals surface area contributed by atoms with Crippen LogP contribution in [-0.2, 0) is 0 Å². The second kappa shape index (κ2) is 6.29. The lowest BCUT2D eigenvalue weighted by Crippen LogP contribution is -2.24. The first-order chi connectivity index (χ1) is 9.15. The molecule has 1 N–H and O–H groups in total. The van der Waals surface area contributed by atoms with E-state index < -0.39 is 0 Å². The maximum absolute atomic E-state index is 10.1. The van der Waals surface area contributed by atoms with Gasteiger partial charge in [0.25, 0.3) is 0 Å². The lowest BCUT2D eigenvalue weighted by atomic mass is 10.0. The quantitative estimate of drug-likeness (QED) is 0.881. The van der Waals surface area contributed by atoms with Crippen molar-refractivity contribution in [1.82, 2.24) is 4.90 Å². The van der Waals surface area contributed by atoms with E-state index in [4.69, 9.17) is 4.74 Å². The van der Waals surface area contributed by atoms with Gasteiger partial charge in [0.1, 0.15) is 11.5 Å². The van der Waals surface area contributed by atoms with Gasteiger partial charge in [0.15, 0.2) is 0 Å². The molecule has 19 heavy (non-hydrogen) atoms. The predicted octanol–water partition coefficient (Wildman–Crippen LogP) is 3.58. The molecule has 1 aromatic carbocycles. The van der Waals surface area contributed by atoms with Crippen molar-refractivity contribution in [1.29, 1.82) is 0 Å². The minimum Gasteiger partial charge on any atom is -0.507 e. The molecule has 1 aromatic rings. The molecule has 0 radical (unpaired) electrons. The second-order valence-electron chi connectivity index (χ2n) is 5.54. The molecule has 1 aliphatic heterocycles. The first kappa shape index (κ1) is 14.2. The summed E-state index contributed by atoms with van der Waals surface area (Å²) < 4.78 is 5.13. The third-order valence-corrected chi connectivity index (χ3v) is 4.25. The second-order valence-corrected chi connectivity index (χ2v) is 5.54. The molecule has 0 spiro atoms. The van der Waals surface area contributed by atoms with E-state index >= 15 is 0 Å². The number of hydrogen-bond donors (Lipinski definition) is 1. The highest BCUT2D eigenvalue weighted by molar-refractivity contribution is 5.41. The van der Waals surface area contributed by atoms with Crippen molar-refractivity contribution in [2.45, 2.75) is 39.2 Å². The van der Waals surface area contributed by atoms with Gasteiger partial charge in [0, 0.05) is 24.2 Å². The Hall–Kier alpha value is -1.22. The van der Waals surface area contributed by atoms with Crippen molar-refractivity contribution in [3.63, 3.8) is 0 Å². The normalized spacial score (nSPS) is 21.5. The molecule has 0 saturated carbocycles. The molecule has 106 valence electrons. The summed E-state index contributed by atoms with van der Waals surface area (Å²) >= 11 is 0. The highest BCUT2D eigenvalue weighted by Gasteiger charge is 2.27. The van der Waals surface area contributed by atoms with Crippen LogP contribution in [0.3, 0.4) is 0 Å². The van der Waals surface area contributed by atoms with Crippen LogP contribution >= 0.6 is 0 Å². The molecule has 3 nitrogen and oxygen atoms in total. The van der Waals surface area contributed by atoms with Crippen LogP contribution < -0.4 is 4.74 Å². The molecule has 1 fully saturated rings. The average molecular weight is 263 g/mol. The van der Waals surface area contributed by atoms with Crippen LogP contribution in [0.4, 0.5) is 0 Å². The van der Waals surface area contributed by atoms with Gasteiger partial charge in [-0.25, -0.2) is 0 Å². The third kappa shape index (κ3) is 3.21. The topological polar surface area (TPSA) is 32.7 Å². The Morgan fingerprint density at radius 2 is 2.26 bits per heavy atom. The summed E-state index contributed by atoms with van der Waals surface area (Å²) in [5, 5.41) is 10.1. The number of phenols is 1. The fourth-order valence-corrected chi connectivity index (χ4v) is 3.06. The maximum atomic E-state index is 10.1. The molecule has 2 unspecified atom stereocenters. The van der Waals surface area contributed by atoms with E-state index in [1.54, 1.807) is 13.2 Å². The number of benzene rings is 1. The zero-order valence-corrected chi connectivity index (χ0v) is 12.2. The number of nitrogens with zero attached hydrogens (tertiary/aromatic N) is 1. The van der Waals surface area contributed by atoms with Crippen molar-refractivity contribution in [3.05, 3.63) is 23.8 Å². The number of methoxy groups -OCH3 is 1. The Morgan fingerprint density at radius 1 is 1.47 bits per heavy atom. The first-order valence-electron chi connectivity index (χ1n) is 7.26. The number of aromatic hydroxyl groups is 1. The van der Waals surface area contributed by atoms with E-state index in [9.17, 15) is 5.11 Å². The summed E-state index contributed by atoms with van der Waals surface area (Å²) in [6.45, 7) is 6.72. The zero-order valence-electron chi connectivity index (χ0n) is 12.2. The Bertz CT molecular complexity index is 419. The van der Waals surface area contributed by atoms with E-state index in [2.05, 4.69) is 18.7 Å². The highest BCUT2D eigenvalue weighted by Crippen LogP contribution is 2.35. The van der Waals surface area contributed by atoms with Gasteiger partial charge in [-0.05, 0) is 38.3 Å². The SMILES string of the molecule is CCCC1CCN(C(C)c2ccc(OC)cc2O)C1. The lowest BCUT2D eigenvalue weighted by molar-refractivity contribution is 0.245. The van der Waals surface area contributed by atoms with Crippen LogP contribution in [0.25, 0.3) is 0 Å². The van der Waals surface area contributed by atoms with Gasteiger partial charge in [-0.15, -0.1) is 0 Å². The average Bonchev–Trinajstić information content (AvgIpc) is 2.87. The summed E-state index contributed by atoms with van der Waals surface area (Å²) in [4.78, 5) is 2.47. The number of phenolic OH excluding ortho intramolecular Hbond substituents is 1. The molecular weight excluding hydrogens is 238 g/mol. The molecular formula is C16H25NO2. The molecule has 3 heteroatoms. The fraction of sp³-hybridized carbons (Fsp3) is 0.625. The van der Waals surface area contributed by atoms with Gasteiger partial charge < -0.3 is 9.84 Å². The molecule has 1 heterocycles. The van der Waals surface area contributed by atoms with Gasteiger partial charge >= 0.3 is 0 Å². The van der Waals surface area contributed by atoms with Crippen molar-refractivity contribution in [2.24, 2.45) is 5.92 Å². The monoisotopic (exact) mass is 263 g/mol. The Morgan fingerprint density at radius 3 is 2.89 bits per heavy atom. The van der Waals surface area contributed by atoms with Crippen LogP contribution in [-0.4, -0.2) is 30.2 Å². The molecule has 0 aliphatic carbocycles. The van der Waals surface area contributed by atoms with Crippen molar-refractivity contribution in [2.75, 3.05) is 20.2 Å². The van der Waals surface area contributed by atoms with Gasteiger partial charge in [0.05, 0.1) is 7.11 Å². The van der Waals surface area contributed by atoms with Crippen molar-refractivity contribution in [3.8, 4) is 11.5 Å². The maximum Gasteiger partial charge on any atom is 0.124 e. The Balaban J connectivity index is 2.06. The smallest absolute Gasteiger partial charge is 0.124 e. The number of rotatable bonds is 5. The summed E-state index contributed by atoms with van der Waals surface area (Å²) in [6, 6.07) is 5.87. The van der Waals surface area contributed by atoms with E-state index in [0.29, 0.717) is 11.5 Å². The van der Waals surface area contributed by atoms with E-state index in [0.717, 1.165) is 24.6 Å². The first-order valence-corrected chi connectivity index (χ1v) is 7.26. The van der Waals surface area contributed by atoms with Crippen molar-refractivity contribution >= 4 is 0 Å². The number of hydrogen-bond acceptors (Lipinski definition) is 3. The lowest BCUT2D eigenvalue weighted by Gasteiger charge is -2.25. The van der Waals surface area contributed by atoms with Gasteiger partial charge in [-0.1, -0.05) is 19.4 Å². The Kier molecular flexibility index (Phi) is 4.70. The molecule has 0 aromatic heterocycles. The summed E-state index contributed by atoms with van der Waals surface area (Å²) in [5.41, 5.74) is 0.998. The van der Waals surface area contributed by atoms with E-state index in [-0.39, 0.29) is 6.04 Å². The highest BCUT2D eigenvalue weighted by atomic mass is 16.5. The molecule has 2 rings (SSSR count). The van der Waals surface area contributed by atoms with Crippen LogP contribution in [0, 0.1) is 5.92 Å². The van der Waals surface area contributed by atoms with Crippen LogP contribution in [0.1, 0.15) is 44.7 Å². The predicted molar refractivity (Wildman–Crippen MR) is 77.7 cm³/mol. The molecule has 2 atom stereocenters.